The van der Waals surface area contributed by atoms with Crippen molar-refractivity contribution in [2.24, 2.45) is 5.10 Å². The number of carbonyl (C=O) groups is 1. The fourth-order valence-electron chi connectivity index (χ4n) is 3.57. The van der Waals surface area contributed by atoms with Crippen molar-refractivity contribution in [1.82, 2.24) is 9.78 Å². The van der Waals surface area contributed by atoms with Gasteiger partial charge in [0.2, 0.25) is 0 Å². The highest BCUT2D eigenvalue weighted by molar-refractivity contribution is 6.32. The molecule has 0 bridgehead atoms. The third kappa shape index (κ3) is 3.20. The number of rotatable bonds is 3. The summed E-state index contributed by atoms with van der Waals surface area (Å²) in [6.45, 7) is 9.60. The van der Waals surface area contributed by atoms with Crippen molar-refractivity contribution in [1.29, 1.82) is 0 Å². The van der Waals surface area contributed by atoms with E-state index in [4.69, 9.17) is 0 Å². The van der Waals surface area contributed by atoms with Crippen LogP contribution < -0.4 is 10.6 Å². The molecule has 2 aromatic carbocycles. The van der Waals surface area contributed by atoms with Crippen molar-refractivity contribution in [2.45, 2.75) is 34.6 Å². The predicted molar refractivity (Wildman–Crippen MR) is 120 cm³/mol. The van der Waals surface area contributed by atoms with Gasteiger partial charge in [0.05, 0.1) is 28.2 Å². The van der Waals surface area contributed by atoms with Crippen LogP contribution in [0.15, 0.2) is 57.9 Å². The molecule has 0 aliphatic carbocycles. The van der Waals surface area contributed by atoms with E-state index in [1.54, 1.807) is 13.0 Å². The molecule has 1 aliphatic rings. The second-order valence-corrected chi connectivity index (χ2v) is 7.71. The standard InChI is InChI=1S/C24H24N4O2/c1-14-10-11-19(12-16(14)3)27-23(29)20(17(4)25-27)13-21-18(5)26-28(24(21)30)22-9-7-6-8-15(22)2/h6-13,26H,1-5H3/b20-13+. The Kier molecular flexibility index (Phi) is 4.78. The van der Waals surface area contributed by atoms with Gasteiger partial charge in [0.1, 0.15) is 0 Å². The molecular formula is C24H24N4O2. The molecule has 0 unspecified atom stereocenters. The van der Waals surface area contributed by atoms with E-state index in [0.29, 0.717) is 28.2 Å². The summed E-state index contributed by atoms with van der Waals surface area (Å²) in [6.07, 6.45) is 1.64. The number of aryl methyl sites for hydroxylation is 4. The lowest BCUT2D eigenvalue weighted by Gasteiger charge is -2.13. The number of H-pyrrole nitrogens is 1. The summed E-state index contributed by atoms with van der Waals surface area (Å²) in [5.74, 6) is -0.238. The van der Waals surface area contributed by atoms with E-state index in [9.17, 15) is 9.59 Å². The Bertz CT molecular complexity index is 1290. The fraction of sp³-hybridized carbons (Fsp3) is 0.208. The van der Waals surface area contributed by atoms with E-state index in [1.807, 2.05) is 70.2 Å². The molecule has 0 saturated heterocycles. The van der Waals surface area contributed by atoms with Gasteiger partial charge in [-0.3, -0.25) is 14.7 Å². The molecule has 0 fully saturated rings. The molecule has 2 heterocycles. The molecule has 0 atom stereocenters. The van der Waals surface area contributed by atoms with E-state index in [-0.39, 0.29) is 11.5 Å². The van der Waals surface area contributed by atoms with Gasteiger partial charge in [-0.2, -0.15) is 10.1 Å². The van der Waals surface area contributed by atoms with Crippen molar-refractivity contribution in [3.8, 4) is 5.69 Å². The third-order valence-corrected chi connectivity index (χ3v) is 5.56. The largest absolute Gasteiger partial charge is 0.295 e. The van der Waals surface area contributed by atoms with Gasteiger partial charge in [0.25, 0.3) is 11.5 Å². The van der Waals surface area contributed by atoms with Gasteiger partial charge >= 0.3 is 0 Å². The first-order chi connectivity index (χ1) is 14.3. The van der Waals surface area contributed by atoms with Gasteiger partial charge < -0.3 is 0 Å². The molecule has 0 saturated carbocycles. The van der Waals surface area contributed by atoms with Crippen LogP contribution in [0.5, 0.6) is 0 Å². The van der Waals surface area contributed by atoms with Crippen LogP contribution in [-0.4, -0.2) is 21.4 Å². The van der Waals surface area contributed by atoms with Gasteiger partial charge in [0, 0.05) is 5.69 Å². The van der Waals surface area contributed by atoms with E-state index >= 15 is 0 Å². The van der Waals surface area contributed by atoms with Crippen LogP contribution in [0.1, 0.15) is 34.9 Å². The first-order valence-corrected chi connectivity index (χ1v) is 9.84. The maximum absolute atomic E-state index is 13.1. The van der Waals surface area contributed by atoms with Gasteiger partial charge in [-0.05, 0) is 75.6 Å². The monoisotopic (exact) mass is 400 g/mol. The highest BCUT2D eigenvalue weighted by atomic mass is 16.2. The number of hydrazone groups is 1. The SMILES string of the molecule is CC1=NN(c2ccc(C)c(C)c2)C(=O)/C1=C/c1c(C)[nH]n(-c2ccccc2C)c1=O. The highest BCUT2D eigenvalue weighted by Crippen LogP contribution is 2.26. The van der Waals surface area contributed by atoms with Gasteiger partial charge in [0.15, 0.2) is 0 Å². The van der Waals surface area contributed by atoms with Crippen LogP contribution in [0.3, 0.4) is 0 Å². The summed E-state index contributed by atoms with van der Waals surface area (Å²) in [7, 11) is 0. The summed E-state index contributed by atoms with van der Waals surface area (Å²) in [5.41, 5.74) is 6.69. The molecule has 1 N–H and O–H groups in total. The maximum Gasteiger partial charge on any atom is 0.280 e. The Morgan fingerprint density at radius 3 is 2.33 bits per heavy atom. The molecule has 4 rings (SSSR count). The molecular weight excluding hydrogens is 376 g/mol. The molecule has 6 heteroatoms. The van der Waals surface area contributed by atoms with Gasteiger partial charge in [-0.25, -0.2) is 4.68 Å². The van der Waals surface area contributed by atoms with Crippen LogP contribution in [0.2, 0.25) is 0 Å². The number of hydrogen-bond acceptors (Lipinski definition) is 3. The third-order valence-electron chi connectivity index (χ3n) is 5.56. The zero-order valence-corrected chi connectivity index (χ0v) is 17.8. The number of nitrogens with one attached hydrogen (secondary N) is 1. The number of benzene rings is 2. The Hall–Kier alpha value is -3.67. The number of amides is 1. The summed E-state index contributed by atoms with van der Waals surface area (Å²) < 4.78 is 1.52. The van der Waals surface area contributed by atoms with Gasteiger partial charge in [-0.1, -0.05) is 24.3 Å². The Balaban J connectivity index is 1.75. The summed E-state index contributed by atoms with van der Waals surface area (Å²) in [4.78, 5) is 26.2. The van der Waals surface area contributed by atoms with Crippen molar-refractivity contribution < 1.29 is 4.79 Å². The minimum Gasteiger partial charge on any atom is -0.295 e. The zero-order chi connectivity index (χ0) is 21.6. The first kappa shape index (κ1) is 19.6. The van der Waals surface area contributed by atoms with Crippen molar-refractivity contribution >= 4 is 23.4 Å². The summed E-state index contributed by atoms with van der Waals surface area (Å²) in [5, 5.41) is 8.96. The molecule has 152 valence electrons. The predicted octanol–water partition coefficient (Wildman–Crippen LogP) is 4.21. The topological polar surface area (TPSA) is 70.5 Å². The molecule has 1 aliphatic heterocycles. The highest BCUT2D eigenvalue weighted by Gasteiger charge is 2.29. The van der Waals surface area contributed by atoms with E-state index in [1.165, 1.54) is 9.69 Å². The molecule has 0 spiro atoms. The minimum atomic E-state index is -0.238. The number of aromatic nitrogens is 2. The average molecular weight is 400 g/mol. The second-order valence-electron chi connectivity index (χ2n) is 7.71. The zero-order valence-electron chi connectivity index (χ0n) is 17.8. The molecule has 30 heavy (non-hydrogen) atoms. The summed E-state index contributed by atoms with van der Waals surface area (Å²) in [6, 6.07) is 13.5. The minimum absolute atomic E-state index is 0.195. The fourth-order valence-corrected chi connectivity index (χ4v) is 3.57. The van der Waals surface area contributed by atoms with Gasteiger partial charge in [-0.15, -0.1) is 0 Å². The van der Waals surface area contributed by atoms with Crippen LogP contribution in [-0.2, 0) is 4.79 Å². The van der Waals surface area contributed by atoms with Crippen molar-refractivity contribution in [2.75, 3.05) is 5.01 Å². The molecule has 1 amide bonds. The Morgan fingerprint density at radius 2 is 1.63 bits per heavy atom. The molecule has 6 nitrogen and oxygen atoms in total. The van der Waals surface area contributed by atoms with Crippen LogP contribution in [0, 0.1) is 27.7 Å². The Labute approximate surface area is 175 Å². The molecule has 0 radical (unpaired) electrons. The molecule has 1 aromatic heterocycles. The van der Waals surface area contributed by atoms with E-state index < -0.39 is 0 Å². The number of carbonyl (C=O) groups excluding carboxylic acids is 1. The number of nitrogens with zero attached hydrogens (tertiary/aromatic N) is 3. The first-order valence-electron chi connectivity index (χ1n) is 9.84. The van der Waals surface area contributed by atoms with Crippen LogP contribution >= 0.6 is 0 Å². The number of para-hydroxylation sites is 1. The average Bonchev–Trinajstić information content (AvgIpc) is 3.15. The lowest BCUT2D eigenvalue weighted by atomic mass is 10.1. The smallest absolute Gasteiger partial charge is 0.280 e. The van der Waals surface area contributed by atoms with Crippen LogP contribution in [0.4, 0.5) is 5.69 Å². The van der Waals surface area contributed by atoms with E-state index in [0.717, 1.165) is 22.4 Å². The Morgan fingerprint density at radius 1 is 0.900 bits per heavy atom. The van der Waals surface area contributed by atoms with Crippen LogP contribution in [0.25, 0.3) is 11.8 Å². The molecule has 3 aromatic rings. The lowest BCUT2D eigenvalue weighted by molar-refractivity contribution is -0.114. The number of hydrogen-bond donors (Lipinski definition) is 1. The quantitative estimate of drug-likeness (QED) is 0.669. The lowest BCUT2D eigenvalue weighted by Crippen LogP contribution is -2.22. The van der Waals surface area contributed by atoms with Crippen molar-refractivity contribution in [3.05, 3.63) is 86.3 Å². The number of anilines is 1. The maximum atomic E-state index is 13.1. The number of aromatic amines is 1. The normalized spacial score (nSPS) is 15.2. The van der Waals surface area contributed by atoms with E-state index in [2.05, 4.69) is 10.2 Å². The summed E-state index contributed by atoms with van der Waals surface area (Å²) >= 11 is 0. The second kappa shape index (κ2) is 7.30. The van der Waals surface area contributed by atoms with Crippen molar-refractivity contribution in [3.63, 3.8) is 0 Å².